The Morgan fingerprint density at radius 2 is 1.76 bits per heavy atom. The largest absolute Gasteiger partial charge is 0.326 e. The van der Waals surface area contributed by atoms with E-state index in [0.717, 1.165) is 32.5 Å². The molecular formula is C20H21BrN2O2. The van der Waals surface area contributed by atoms with Crippen molar-refractivity contribution in [2.75, 3.05) is 16.8 Å². The lowest BCUT2D eigenvalue weighted by atomic mass is 10.1. The van der Waals surface area contributed by atoms with Crippen molar-refractivity contribution in [1.29, 1.82) is 0 Å². The lowest BCUT2D eigenvalue weighted by Crippen LogP contribution is -2.28. The van der Waals surface area contributed by atoms with Crippen LogP contribution in [-0.2, 0) is 9.59 Å². The van der Waals surface area contributed by atoms with Gasteiger partial charge in [-0.3, -0.25) is 9.59 Å². The molecule has 5 heteroatoms. The molecule has 2 amide bonds. The molecular weight excluding hydrogens is 380 g/mol. The van der Waals surface area contributed by atoms with Crippen molar-refractivity contribution in [2.24, 2.45) is 5.92 Å². The number of anilines is 2. The third kappa shape index (κ3) is 3.61. The van der Waals surface area contributed by atoms with Crippen molar-refractivity contribution >= 4 is 39.1 Å². The second-order valence-corrected chi connectivity index (χ2v) is 7.40. The third-order valence-corrected chi connectivity index (χ3v) is 5.86. The topological polar surface area (TPSA) is 49.4 Å². The van der Waals surface area contributed by atoms with Crippen molar-refractivity contribution in [3.05, 3.63) is 57.6 Å². The number of nitrogens with zero attached hydrogens (tertiary/aromatic N) is 1. The Kier molecular flexibility index (Phi) is 4.95. The lowest BCUT2D eigenvalue weighted by molar-refractivity contribution is -0.122. The molecule has 1 N–H and O–H groups in total. The highest BCUT2D eigenvalue weighted by Crippen LogP contribution is 2.29. The predicted molar refractivity (Wildman–Crippen MR) is 104 cm³/mol. The molecule has 0 spiro atoms. The van der Waals surface area contributed by atoms with Gasteiger partial charge < -0.3 is 10.2 Å². The van der Waals surface area contributed by atoms with Gasteiger partial charge in [-0.2, -0.15) is 0 Å². The first-order valence-corrected chi connectivity index (χ1v) is 9.09. The number of hydrogen-bond acceptors (Lipinski definition) is 2. The van der Waals surface area contributed by atoms with Gasteiger partial charge in [0.15, 0.2) is 0 Å². The summed E-state index contributed by atoms with van der Waals surface area (Å²) in [6, 6.07) is 11.6. The van der Waals surface area contributed by atoms with Crippen LogP contribution in [0.5, 0.6) is 0 Å². The van der Waals surface area contributed by atoms with E-state index in [1.807, 2.05) is 57.2 Å². The third-order valence-electron chi connectivity index (χ3n) is 4.61. The molecule has 1 fully saturated rings. The molecule has 130 valence electrons. The average molecular weight is 401 g/mol. The van der Waals surface area contributed by atoms with E-state index in [9.17, 15) is 9.59 Å². The van der Waals surface area contributed by atoms with E-state index in [-0.39, 0.29) is 24.2 Å². The van der Waals surface area contributed by atoms with Crippen molar-refractivity contribution < 1.29 is 9.59 Å². The Morgan fingerprint density at radius 3 is 2.40 bits per heavy atom. The summed E-state index contributed by atoms with van der Waals surface area (Å²) in [5.74, 6) is -0.445. The molecule has 1 atom stereocenters. The van der Waals surface area contributed by atoms with Gasteiger partial charge in [0.05, 0.1) is 5.92 Å². The molecule has 1 heterocycles. The number of hydrogen-bond donors (Lipinski definition) is 1. The molecule has 0 bridgehead atoms. The van der Waals surface area contributed by atoms with Gasteiger partial charge in [0.1, 0.15) is 0 Å². The Labute approximate surface area is 156 Å². The molecule has 1 aliphatic heterocycles. The summed E-state index contributed by atoms with van der Waals surface area (Å²) >= 11 is 3.53. The molecule has 1 aliphatic rings. The van der Waals surface area contributed by atoms with E-state index in [1.54, 1.807) is 4.90 Å². The summed E-state index contributed by atoms with van der Waals surface area (Å²) in [4.78, 5) is 26.7. The molecule has 25 heavy (non-hydrogen) atoms. The maximum absolute atomic E-state index is 12.6. The molecule has 4 nitrogen and oxygen atoms in total. The van der Waals surface area contributed by atoms with Crippen LogP contribution in [0.4, 0.5) is 11.4 Å². The summed E-state index contributed by atoms with van der Waals surface area (Å²) in [5.41, 5.74) is 4.83. The van der Waals surface area contributed by atoms with E-state index in [1.165, 1.54) is 0 Å². The maximum Gasteiger partial charge on any atom is 0.229 e. The Morgan fingerprint density at radius 1 is 1.12 bits per heavy atom. The van der Waals surface area contributed by atoms with Crippen LogP contribution in [-0.4, -0.2) is 18.4 Å². The smallest absolute Gasteiger partial charge is 0.229 e. The summed E-state index contributed by atoms with van der Waals surface area (Å²) < 4.78 is 1.05. The highest BCUT2D eigenvalue weighted by molar-refractivity contribution is 9.10. The van der Waals surface area contributed by atoms with Gasteiger partial charge in [-0.25, -0.2) is 0 Å². The van der Waals surface area contributed by atoms with Gasteiger partial charge in [0.25, 0.3) is 0 Å². The van der Waals surface area contributed by atoms with Crippen LogP contribution in [0.2, 0.25) is 0 Å². The van der Waals surface area contributed by atoms with Gasteiger partial charge in [0.2, 0.25) is 11.8 Å². The summed E-state index contributed by atoms with van der Waals surface area (Å²) in [6.07, 6.45) is 0.245. The van der Waals surface area contributed by atoms with Crippen molar-refractivity contribution in [2.45, 2.75) is 27.2 Å². The summed E-state index contributed by atoms with van der Waals surface area (Å²) in [5, 5.41) is 2.96. The molecule has 2 aromatic carbocycles. The quantitative estimate of drug-likeness (QED) is 0.831. The second kappa shape index (κ2) is 7.00. The summed E-state index contributed by atoms with van der Waals surface area (Å²) in [7, 11) is 0. The van der Waals surface area contributed by atoms with Crippen LogP contribution in [0.15, 0.2) is 40.9 Å². The number of benzene rings is 2. The van der Waals surface area contributed by atoms with Gasteiger partial charge in [0, 0.05) is 28.8 Å². The van der Waals surface area contributed by atoms with Crippen molar-refractivity contribution in [3.63, 3.8) is 0 Å². The molecule has 0 unspecified atom stereocenters. The first kappa shape index (κ1) is 17.7. The SMILES string of the molecule is Cc1ccccc1N1C[C@H](C(=O)Nc2cc(C)c(Br)c(C)c2)CC1=O. The van der Waals surface area contributed by atoms with E-state index in [0.29, 0.717) is 6.54 Å². The molecule has 0 saturated carbocycles. The van der Waals surface area contributed by atoms with Crippen LogP contribution in [0, 0.1) is 26.7 Å². The predicted octanol–water partition coefficient (Wildman–Crippen LogP) is 4.37. The van der Waals surface area contributed by atoms with Crippen LogP contribution >= 0.6 is 15.9 Å². The van der Waals surface area contributed by atoms with Gasteiger partial charge in [-0.1, -0.05) is 34.1 Å². The first-order valence-electron chi connectivity index (χ1n) is 8.30. The molecule has 3 rings (SSSR count). The van der Waals surface area contributed by atoms with Gasteiger partial charge in [-0.05, 0) is 55.7 Å². The van der Waals surface area contributed by atoms with Crippen molar-refractivity contribution in [1.82, 2.24) is 0 Å². The fraction of sp³-hybridized carbons (Fsp3) is 0.300. The average Bonchev–Trinajstić information content (AvgIpc) is 2.95. The standard InChI is InChI=1S/C20H21BrN2O2/c1-12-6-4-5-7-17(12)23-11-15(10-18(23)24)20(25)22-16-8-13(2)19(21)14(3)9-16/h4-9,15H,10-11H2,1-3H3,(H,22,25)/t15-/m1/s1. The molecule has 0 aliphatic carbocycles. The van der Waals surface area contributed by atoms with Gasteiger partial charge in [-0.15, -0.1) is 0 Å². The minimum Gasteiger partial charge on any atom is -0.326 e. The Bertz CT molecular complexity index is 824. The molecule has 0 radical (unpaired) electrons. The zero-order valence-corrected chi connectivity index (χ0v) is 16.2. The number of carbonyl (C=O) groups excluding carboxylic acids is 2. The Hall–Kier alpha value is -2.14. The fourth-order valence-electron chi connectivity index (χ4n) is 3.24. The van der Waals surface area contributed by atoms with Crippen LogP contribution in [0.3, 0.4) is 0 Å². The fourth-order valence-corrected chi connectivity index (χ4v) is 3.47. The maximum atomic E-state index is 12.6. The summed E-state index contributed by atoms with van der Waals surface area (Å²) in [6.45, 7) is 6.38. The number of aryl methyl sites for hydroxylation is 3. The second-order valence-electron chi connectivity index (χ2n) is 6.61. The minimum absolute atomic E-state index is 0.00221. The minimum atomic E-state index is -0.337. The lowest BCUT2D eigenvalue weighted by Gasteiger charge is -2.19. The van der Waals surface area contributed by atoms with E-state index in [2.05, 4.69) is 21.2 Å². The first-order chi connectivity index (χ1) is 11.9. The number of nitrogens with one attached hydrogen (secondary N) is 1. The van der Waals surface area contributed by atoms with E-state index >= 15 is 0 Å². The number of carbonyl (C=O) groups is 2. The zero-order chi connectivity index (χ0) is 18.1. The van der Waals surface area contributed by atoms with Crippen LogP contribution in [0.25, 0.3) is 0 Å². The van der Waals surface area contributed by atoms with Crippen LogP contribution in [0.1, 0.15) is 23.1 Å². The number of amides is 2. The normalized spacial score (nSPS) is 17.0. The van der Waals surface area contributed by atoms with Crippen molar-refractivity contribution in [3.8, 4) is 0 Å². The highest BCUT2D eigenvalue weighted by Gasteiger charge is 2.35. The number of halogens is 1. The Balaban J connectivity index is 1.74. The number of para-hydroxylation sites is 1. The van der Waals surface area contributed by atoms with Gasteiger partial charge >= 0.3 is 0 Å². The monoisotopic (exact) mass is 400 g/mol. The highest BCUT2D eigenvalue weighted by atomic mass is 79.9. The molecule has 2 aromatic rings. The number of rotatable bonds is 3. The van der Waals surface area contributed by atoms with E-state index < -0.39 is 0 Å². The molecule has 1 saturated heterocycles. The zero-order valence-electron chi connectivity index (χ0n) is 14.6. The molecule has 0 aromatic heterocycles. The van der Waals surface area contributed by atoms with E-state index in [4.69, 9.17) is 0 Å². The van der Waals surface area contributed by atoms with Crippen LogP contribution < -0.4 is 10.2 Å².